The Morgan fingerprint density at radius 2 is 2.00 bits per heavy atom. The first-order valence-corrected chi connectivity index (χ1v) is 10.4. The van der Waals surface area contributed by atoms with E-state index in [-0.39, 0.29) is 6.04 Å². The molecule has 4 rings (SSSR count). The van der Waals surface area contributed by atoms with E-state index in [0.29, 0.717) is 6.42 Å². The van der Waals surface area contributed by atoms with Crippen molar-refractivity contribution in [1.82, 2.24) is 4.90 Å². The molecule has 0 aromatic heterocycles. The Balaban J connectivity index is 1.66. The van der Waals surface area contributed by atoms with Crippen molar-refractivity contribution in [2.45, 2.75) is 64.1 Å². The van der Waals surface area contributed by atoms with Gasteiger partial charge in [0.2, 0.25) is 5.85 Å². The molecule has 3 atom stereocenters. The first-order valence-electron chi connectivity index (χ1n) is 9.60. The Hall–Kier alpha value is -1.99. The number of anilines is 2. The highest BCUT2D eigenvalue weighted by atomic mass is 79.9. The van der Waals surface area contributed by atoms with Gasteiger partial charge in [0.1, 0.15) is 11.6 Å². The summed E-state index contributed by atoms with van der Waals surface area (Å²) in [7, 11) is 0. The van der Waals surface area contributed by atoms with E-state index in [1.807, 2.05) is 58.0 Å². The Labute approximate surface area is 173 Å². The third-order valence-corrected chi connectivity index (χ3v) is 5.87. The van der Waals surface area contributed by atoms with Crippen molar-refractivity contribution >= 4 is 44.2 Å². The summed E-state index contributed by atoms with van der Waals surface area (Å²) in [6.07, 6.45) is 1.08. The van der Waals surface area contributed by atoms with Crippen LogP contribution in [0.15, 0.2) is 34.8 Å². The molecule has 0 saturated carbocycles. The van der Waals surface area contributed by atoms with E-state index in [4.69, 9.17) is 4.74 Å². The number of ether oxygens (including phenoxy) is 1. The van der Waals surface area contributed by atoms with E-state index >= 15 is 0 Å². The molecule has 1 saturated heterocycles. The third kappa shape index (κ3) is 3.31. The highest BCUT2D eigenvalue weighted by Gasteiger charge is 2.51. The average Bonchev–Trinajstić information content (AvgIpc) is 3.13. The van der Waals surface area contributed by atoms with Gasteiger partial charge in [-0.1, -0.05) is 28.1 Å². The van der Waals surface area contributed by atoms with Crippen molar-refractivity contribution < 1.29 is 14.6 Å². The molecule has 2 aliphatic rings. The van der Waals surface area contributed by atoms with Gasteiger partial charge in [0.15, 0.2) is 0 Å². The van der Waals surface area contributed by atoms with Gasteiger partial charge in [-0.25, -0.2) is 4.79 Å². The first kappa shape index (κ1) is 19.3. The van der Waals surface area contributed by atoms with Crippen LogP contribution in [0.3, 0.4) is 0 Å². The zero-order chi connectivity index (χ0) is 20.3. The fourth-order valence-electron chi connectivity index (χ4n) is 4.15. The first-order chi connectivity index (χ1) is 13.1. The third-order valence-electron chi connectivity index (χ3n) is 5.38. The van der Waals surface area contributed by atoms with Gasteiger partial charge in [-0.15, -0.1) is 0 Å². The van der Waals surface area contributed by atoms with Crippen molar-refractivity contribution in [2.24, 2.45) is 0 Å². The number of likely N-dealkylation sites (tertiary alicyclic amines) is 1. The van der Waals surface area contributed by atoms with Crippen molar-refractivity contribution in [1.29, 1.82) is 0 Å². The van der Waals surface area contributed by atoms with Crippen molar-refractivity contribution in [2.75, 3.05) is 10.6 Å². The molecule has 2 aliphatic heterocycles. The van der Waals surface area contributed by atoms with E-state index in [1.54, 1.807) is 4.90 Å². The fraction of sp³-hybridized carbons (Fsp3) is 0.476. The van der Waals surface area contributed by atoms with Crippen LogP contribution < -0.4 is 10.6 Å². The normalized spacial score (nSPS) is 26.7. The number of rotatable bonds is 1. The Morgan fingerprint density at radius 3 is 2.71 bits per heavy atom. The van der Waals surface area contributed by atoms with Gasteiger partial charge < -0.3 is 20.5 Å². The van der Waals surface area contributed by atoms with Crippen molar-refractivity contribution in [3.05, 3.63) is 34.8 Å². The summed E-state index contributed by atoms with van der Waals surface area (Å²) >= 11 is 3.50. The molecular weight excluding hydrogens is 422 g/mol. The molecule has 3 N–H and O–H groups in total. The van der Waals surface area contributed by atoms with Crippen LogP contribution in [-0.4, -0.2) is 39.6 Å². The van der Waals surface area contributed by atoms with Gasteiger partial charge in [-0.3, -0.25) is 4.90 Å². The maximum absolute atomic E-state index is 12.8. The molecule has 0 aliphatic carbocycles. The molecule has 1 unspecified atom stereocenters. The predicted molar refractivity (Wildman–Crippen MR) is 114 cm³/mol. The van der Waals surface area contributed by atoms with Gasteiger partial charge in [0, 0.05) is 15.9 Å². The lowest BCUT2D eigenvalue weighted by Gasteiger charge is -2.38. The lowest BCUT2D eigenvalue weighted by molar-refractivity contribution is -0.0213. The second-order valence-corrected chi connectivity index (χ2v) is 9.62. The second kappa shape index (κ2) is 6.52. The lowest BCUT2D eigenvalue weighted by atomic mass is 10.1. The van der Waals surface area contributed by atoms with Gasteiger partial charge in [0.05, 0.1) is 11.4 Å². The molecule has 28 heavy (non-hydrogen) atoms. The van der Waals surface area contributed by atoms with Crippen LogP contribution >= 0.6 is 15.9 Å². The maximum atomic E-state index is 12.8. The summed E-state index contributed by atoms with van der Waals surface area (Å²) < 4.78 is 6.60. The minimum absolute atomic E-state index is 0.0103. The van der Waals surface area contributed by atoms with Crippen LogP contribution in [0.4, 0.5) is 16.2 Å². The molecule has 0 spiro atoms. The summed E-state index contributed by atoms with van der Waals surface area (Å²) in [5.41, 5.74) is 1.08. The van der Waals surface area contributed by atoms with Gasteiger partial charge >= 0.3 is 6.09 Å². The molecule has 2 aromatic carbocycles. The molecule has 7 heteroatoms. The number of fused-ring (bicyclic) bond motifs is 3. The van der Waals surface area contributed by atoms with Crippen LogP contribution in [0.25, 0.3) is 10.8 Å². The monoisotopic (exact) mass is 447 g/mol. The van der Waals surface area contributed by atoms with Gasteiger partial charge in [-0.2, -0.15) is 0 Å². The Morgan fingerprint density at radius 1 is 1.25 bits per heavy atom. The second-order valence-electron chi connectivity index (χ2n) is 8.70. The zero-order valence-electron chi connectivity index (χ0n) is 16.5. The number of benzene rings is 2. The highest BCUT2D eigenvalue weighted by molar-refractivity contribution is 9.10. The summed E-state index contributed by atoms with van der Waals surface area (Å²) in [6, 6.07) is 9.54. The molecule has 1 amide bonds. The SMILES string of the molecule is C[C@H]1CC[C@@H](C2(O)Nc3ccc4cc(Br)ccc4c3N2)N1C(=O)OC(C)(C)C. The van der Waals surface area contributed by atoms with Gasteiger partial charge in [-0.05, 0) is 64.1 Å². The summed E-state index contributed by atoms with van der Waals surface area (Å²) in [6.45, 7) is 7.53. The number of carbonyl (C=O) groups excluding carboxylic acids is 1. The van der Waals surface area contributed by atoms with Crippen LogP contribution in [-0.2, 0) is 4.74 Å². The van der Waals surface area contributed by atoms with E-state index in [2.05, 4.69) is 26.6 Å². The zero-order valence-corrected chi connectivity index (χ0v) is 18.1. The van der Waals surface area contributed by atoms with Gasteiger partial charge in [0.25, 0.3) is 0 Å². The number of amides is 1. The number of carbonyl (C=O) groups is 1. The molecule has 0 bridgehead atoms. The summed E-state index contributed by atoms with van der Waals surface area (Å²) in [5.74, 6) is -1.45. The topological polar surface area (TPSA) is 73.8 Å². The number of halogens is 1. The van der Waals surface area contributed by atoms with Crippen LogP contribution in [0.5, 0.6) is 0 Å². The summed E-state index contributed by atoms with van der Waals surface area (Å²) in [5, 5.41) is 20.0. The molecule has 2 heterocycles. The van der Waals surface area contributed by atoms with Crippen molar-refractivity contribution in [3.63, 3.8) is 0 Å². The molecule has 2 aromatic rings. The minimum Gasteiger partial charge on any atom is -0.444 e. The molecule has 0 radical (unpaired) electrons. The lowest BCUT2D eigenvalue weighted by Crippen LogP contribution is -2.60. The molecular formula is C21H26BrN3O3. The number of nitrogens with zero attached hydrogens (tertiary/aromatic N) is 1. The number of aliphatic hydroxyl groups is 1. The molecule has 1 fully saturated rings. The molecule has 6 nitrogen and oxygen atoms in total. The summed E-state index contributed by atoms with van der Waals surface area (Å²) in [4.78, 5) is 14.5. The van der Waals surface area contributed by atoms with E-state index in [0.717, 1.165) is 33.0 Å². The van der Waals surface area contributed by atoms with Crippen molar-refractivity contribution in [3.8, 4) is 0 Å². The van der Waals surface area contributed by atoms with E-state index < -0.39 is 23.6 Å². The number of nitrogens with one attached hydrogen (secondary N) is 2. The smallest absolute Gasteiger partial charge is 0.411 e. The molecule has 150 valence electrons. The quantitative estimate of drug-likeness (QED) is 0.581. The standard InChI is InChI=1S/C21H26BrN3O3/c1-12-5-10-17(25(12)19(26)28-20(2,3)4)21(27)23-16-9-6-13-11-14(22)7-8-15(13)18(16)24-21/h6-9,11-12,17,23-24,27H,5,10H2,1-4H3/t12-,17-,21?/m0/s1. The van der Waals surface area contributed by atoms with Crippen LogP contribution in [0, 0.1) is 0 Å². The van der Waals surface area contributed by atoms with E-state index in [1.165, 1.54) is 0 Å². The van der Waals surface area contributed by atoms with Crippen LogP contribution in [0.2, 0.25) is 0 Å². The largest absolute Gasteiger partial charge is 0.444 e. The fourth-order valence-corrected chi connectivity index (χ4v) is 4.53. The Kier molecular flexibility index (Phi) is 4.50. The van der Waals surface area contributed by atoms with E-state index in [9.17, 15) is 9.90 Å². The average molecular weight is 448 g/mol. The van der Waals surface area contributed by atoms with Crippen LogP contribution in [0.1, 0.15) is 40.5 Å². The highest BCUT2D eigenvalue weighted by Crippen LogP contribution is 2.44. The maximum Gasteiger partial charge on any atom is 0.411 e. The predicted octanol–water partition coefficient (Wildman–Crippen LogP) is 4.87. The number of hydrogen-bond acceptors (Lipinski definition) is 5. The minimum atomic E-state index is -1.45. The Bertz CT molecular complexity index is 942. The number of hydrogen-bond donors (Lipinski definition) is 3.